The van der Waals surface area contributed by atoms with Crippen molar-refractivity contribution in [1.82, 2.24) is 5.32 Å². The lowest BCUT2D eigenvalue weighted by atomic mass is 10.3. The molecular weight excluding hydrogens is 269 g/mol. The molecule has 0 radical (unpaired) electrons. The van der Waals surface area contributed by atoms with Gasteiger partial charge in [0.05, 0.1) is 0 Å². The molecule has 0 saturated heterocycles. The van der Waals surface area contributed by atoms with E-state index in [-0.39, 0.29) is 10.2 Å². The lowest BCUT2D eigenvalue weighted by Crippen LogP contribution is -2.27. The first-order valence-corrected chi connectivity index (χ1v) is 5.53. The normalized spacial score (nSPS) is 12.2. The third-order valence-electron chi connectivity index (χ3n) is 1.36. The molecule has 0 aromatic heterocycles. The van der Waals surface area contributed by atoms with Gasteiger partial charge in [-0.3, -0.25) is 0 Å². The Balaban J connectivity index is 3.33. The SMILES string of the molecule is CCCCNC(=O)OC(I)CC. The molecule has 0 aliphatic heterocycles. The van der Waals surface area contributed by atoms with Gasteiger partial charge in [0, 0.05) is 6.54 Å². The molecule has 0 bridgehead atoms. The first kappa shape index (κ1) is 12.0. The molecule has 0 aliphatic carbocycles. The number of amides is 1. The first-order chi connectivity index (χ1) is 5.70. The van der Waals surface area contributed by atoms with Crippen LogP contribution in [0.1, 0.15) is 33.1 Å². The van der Waals surface area contributed by atoms with E-state index in [0.29, 0.717) is 6.54 Å². The molecule has 0 aliphatic rings. The standard InChI is InChI=1S/C8H16INO2/c1-3-5-6-10-8(11)12-7(9)4-2/h7H,3-6H2,1-2H3,(H,10,11). The van der Waals surface area contributed by atoms with Gasteiger partial charge in [0.2, 0.25) is 0 Å². The van der Waals surface area contributed by atoms with Crippen LogP contribution >= 0.6 is 22.6 Å². The van der Waals surface area contributed by atoms with Crippen molar-refractivity contribution in [2.24, 2.45) is 0 Å². The molecule has 4 heteroatoms. The minimum absolute atomic E-state index is 0.00998. The van der Waals surface area contributed by atoms with E-state index in [9.17, 15) is 4.79 Å². The minimum atomic E-state index is -0.301. The molecule has 3 nitrogen and oxygen atoms in total. The monoisotopic (exact) mass is 285 g/mol. The number of hydrogen-bond acceptors (Lipinski definition) is 2. The summed E-state index contributed by atoms with van der Waals surface area (Å²) >= 11 is 2.10. The van der Waals surface area contributed by atoms with Crippen LogP contribution in [0.2, 0.25) is 0 Å². The molecule has 0 aromatic carbocycles. The topological polar surface area (TPSA) is 38.3 Å². The minimum Gasteiger partial charge on any atom is -0.436 e. The van der Waals surface area contributed by atoms with Crippen molar-refractivity contribution in [3.63, 3.8) is 0 Å². The highest BCUT2D eigenvalue weighted by atomic mass is 127. The van der Waals surface area contributed by atoms with Gasteiger partial charge in [0.15, 0.2) is 4.11 Å². The Labute approximate surface area is 87.4 Å². The van der Waals surface area contributed by atoms with Gasteiger partial charge in [-0.05, 0) is 35.4 Å². The summed E-state index contributed by atoms with van der Waals surface area (Å²) in [6, 6.07) is 0. The van der Waals surface area contributed by atoms with E-state index >= 15 is 0 Å². The number of nitrogens with one attached hydrogen (secondary N) is 1. The summed E-state index contributed by atoms with van der Waals surface area (Å²) in [7, 11) is 0. The number of ether oxygens (including phenoxy) is 1. The number of hydrogen-bond donors (Lipinski definition) is 1. The van der Waals surface area contributed by atoms with Crippen LogP contribution in [0, 0.1) is 0 Å². The summed E-state index contributed by atoms with van der Waals surface area (Å²) in [4.78, 5) is 10.9. The van der Waals surface area contributed by atoms with Crippen molar-refractivity contribution in [2.75, 3.05) is 6.54 Å². The molecule has 1 N–H and O–H groups in total. The molecule has 12 heavy (non-hydrogen) atoms. The van der Waals surface area contributed by atoms with Crippen LogP contribution in [-0.4, -0.2) is 16.7 Å². The second-order valence-corrected chi connectivity index (χ2v) is 3.89. The van der Waals surface area contributed by atoms with Gasteiger partial charge in [-0.2, -0.15) is 0 Å². The molecule has 72 valence electrons. The molecule has 0 saturated carbocycles. The number of alkyl carbamates (subject to hydrolysis) is 1. The molecule has 0 aromatic rings. The van der Waals surface area contributed by atoms with Crippen molar-refractivity contribution in [1.29, 1.82) is 0 Å². The van der Waals surface area contributed by atoms with Crippen molar-refractivity contribution >= 4 is 28.7 Å². The van der Waals surface area contributed by atoms with E-state index < -0.39 is 0 Å². The second kappa shape index (κ2) is 7.64. The van der Waals surface area contributed by atoms with E-state index in [1.807, 2.05) is 6.92 Å². The van der Waals surface area contributed by atoms with Gasteiger partial charge in [-0.25, -0.2) is 4.79 Å². The van der Waals surface area contributed by atoms with Gasteiger partial charge in [-0.1, -0.05) is 20.3 Å². The van der Waals surface area contributed by atoms with E-state index in [1.54, 1.807) is 0 Å². The molecular formula is C8H16INO2. The zero-order chi connectivity index (χ0) is 9.40. The molecule has 0 spiro atoms. The Morgan fingerprint density at radius 1 is 1.58 bits per heavy atom. The molecule has 1 unspecified atom stereocenters. The fourth-order valence-electron chi connectivity index (χ4n) is 0.608. The van der Waals surface area contributed by atoms with Crippen LogP contribution < -0.4 is 5.32 Å². The lowest BCUT2D eigenvalue weighted by Gasteiger charge is -2.09. The summed E-state index contributed by atoms with van der Waals surface area (Å²) in [6.07, 6.45) is 2.64. The molecule has 0 rings (SSSR count). The fraction of sp³-hybridized carbons (Fsp3) is 0.875. The van der Waals surface area contributed by atoms with Crippen LogP contribution in [0.4, 0.5) is 4.79 Å². The Kier molecular flexibility index (Phi) is 7.64. The van der Waals surface area contributed by atoms with Gasteiger partial charge in [-0.15, -0.1) is 0 Å². The van der Waals surface area contributed by atoms with E-state index in [1.165, 1.54) is 0 Å². The van der Waals surface area contributed by atoms with Gasteiger partial charge >= 0.3 is 6.09 Å². The molecule has 0 fully saturated rings. The van der Waals surface area contributed by atoms with E-state index in [0.717, 1.165) is 19.3 Å². The highest BCUT2D eigenvalue weighted by Gasteiger charge is 2.06. The number of halogens is 1. The Hall–Kier alpha value is 0. The predicted molar refractivity (Wildman–Crippen MR) is 57.5 cm³/mol. The summed E-state index contributed by atoms with van der Waals surface area (Å²) in [5, 5.41) is 2.68. The van der Waals surface area contributed by atoms with Crippen molar-refractivity contribution in [3.8, 4) is 0 Å². The first-order valence-electron chi connectivity index (χ1n) is 4.29. The van der Waals surface area contributed by atoms with Gasteiger partial charge < -0.3 is 10.1 Å². The Morgan fingerprint density at radius 3 is 2.75 bits per heavy atom. The average molecular weight is 285 g/mol. The average Bonchev–Trinajstić information content (AvgIpc) is 2.05. The van der Waals surface area contributed by atoms with Crippen LogP contribution in [0.3, 0.4) is 0 Å². The van der Waals surface area contributed by atoms with Crippen molar-refractivity contribution in [2.45, 2.75) is 37.2 Å². The number of rotatable bonds is 5. The third kappa shape index (κ3) is 6.69. The molecule has 1 amide bonds. The van der Waals surface area contributed by atoms with E-state index in [2.05, 4.69) is 34.8 Å². The maximum absolute atomic E-state index is 10.9. The smallest absolute Gasteiger partial charge is 0.408 e. The van der Waals surface area contributed by atoms with Crippen molar-refractivity contribution < 1.29 is 9.53 Å². The largest absolute Gasteiger partial charge is 0.436 e. The van der Waals surface area contributed by atoms with Crippen LogP contribution in [-0.2, 0) is 4.74 Å². The quantitative estimate of drug-likeness (QED) is 0.479. The second-order valence-electron chi connectivity index (χ2n) is 2.50. The Morgan fingerprint density at radius 2 is 2.25 bits per heavy atom. The third-order valence-corrected chi connectivity index (χ3v) is 2.49. The number of carbonyl (C=O) groups is 1. The highest BCUT2D eigenvalue weighted by molar-refractivity contribution is 14.1. The zero-order valence-electron chi connectivity index (χ0n) is 7.60. The number of carbonyl (C=O) groups excluding carboxylic acids is 1. The van der Waals surface area contributed by atoms with Gasteiger partial charge in [0.25, 0.3) is 0 Å². The number of unbranched alkanes of at least 4 members (excludes halogenated alkanes) is 1. The van der Waals surface area contributed by atoms with Gasteiger partial charge in [0.1, 0.15) is 0 Å². The maximum Gasteiger partial charge on any atom is 0.408 e. The highest BCUT2D eigenvalue weighted by Crippen LogP contribution is 2.06. The molecule has 1 atom stereocenters. The van der Waals surface area contributed by atoms with E-state index in [4.69, 9.17) is 4.74 Å². The maximum atomic E-state index is 10.9. The van der Waals surface area contributed by atoms with Crippen LogP contribution in [0.15, 0.2) is 0 Å². The summed E-state index contributed by atoms with van der Waals surface area (Å²) in [5.74, 6) is 0. The summed E-state index contributed by atoms with van der Waals surface area (Å²) in [5.41, 5.74) is 0. The lowest BCUT2D eigenvalue weighted by molar-refractivity contribution is 0.139. The summed E-state index contributed by atoms with van der Waals surface area (Å²) < 4.78 is 4.97. The van der Waals surface area contributed by atoms with Crippen molar-refractivity contribution in [3.05, 3.63) is 0 Å². The van der Waals surface area contributed by atoms with Crippen LogP contribution in [0.5, 0.6) is 0 Å². The molecule has 0 heterocycles. The Bertz CT molecular complexity index is 130. The fourth-order valence-corrected chi connectivity index (χ4v) is 0.839. The zero-order valence-corrected chi connectivity index (χ0v) is 9.76. The number of alkyl halides is 1. The summed E-state index contributed by atoms with van der Waals surface area (Å²) in [6.45, 7) is 4.78. The predicted octanol–water partition coefficient (Wildman–Crippen LogP) is 2.68. The van der Waals surface area contributed by atoms with Crippen LogP contribution in [0.25, 0.3) is 0 Å².